The van der Waals surface area contributed by atoms with Crippen molar-refractivity contribution in [2.24, 2.45) is 11.8 Å². The maximum atomic E-state index is 14.2. The largest absolute Gasteiger partial charge is 0.440 e. The Hall–Kier alpha value is -3.28. The topological polar surface area (TPSA) is 143 Å². The summed E-state index contributed by atoms with van der Waals surface area (Å²) in [4.78, 5) is 67.6. The van der Waals surface area contributed by atoms with E-state index in [1.54, 1.807) is 24.3 Å². The average Bonchev–Trinajstić information content (AvgIpc) is 3.91. The predicted molar refractivity (Wildman–Crippen MR) is 206 cm³/mol. The lowest BCUT2D eigenvalue weighted by molar-refractivity contribution is -0.140. The first-order valence-electron chi connectivity index (χ1n) is 19.1. The molecular formula is C40H50Cl2N4O6S. The number of Topliss-reactive ketones (excluding diaryl/α,β-unsaturated/α-hetero) is 1. The van der Waals surface area contributed by atoms with E-state index < -0.39 is 47.0 Å². The smallest absolute Gasteiger partial charge is 0.417 e. The van der Waals surface area contributed by atoms with E-state index in [0.29, 0.717) is 34.9 Å². The van der Waals surface area contributed by atoms with Crippen molar-refractivity contribution in [3.63, 3.8) is 0 Å². The van der Waals surface area contributed by atoms with Gasteiger partial charge in [0.05, 0.1) is 6.04 Å². The number of halogens is 2. The van der Waals surface area contributed by atoms with Crippen molar-refractivity contribution in [1.29, 1.82) is 0 Å². The molecule has 1 heterocycles. The molecule has 4 atom stereocenters. The molecule has 4 N–H and O–H groups in total. The van der Waals surface area contributed by atoms with Gasteiger partial charge in [0.2, 0.25) is 17.6 Å². The molecule has 10 nitrogen and oxygen atoms in total. The highest BCUT2D eigenvalue weighted by molar-refractivity contribution is 7.99. The van der Waals surface area contributed by atoms with Crippen LogP contribution in [0.4, 0.5) is 4.79 Å². The lowest BCUT2D eigenvalue weighted by atomic mass is 9.78. The number of benzene rings is 2. The summed E-state index contributed by atoms with van der Waals surface area (Å²) in [5, 5.41) is 9.14. The molecule has 0 bridgehead atoms. The Labute approximate surface area is 326 Å². The van der Waals surface area contributed by atoms with Crippen molar-refractivity contribution in [1.82, 2.24) is 20.7 Å². The van der Waals surface area contributed by atoms with Gasteiger partial charge in [-0.15, -0.1) is 0 Å². The van der Waals surface area contributed by atoms with Gasteiger partial charge in [-0.1, -0.05) is 98.8 Å². The zero-order chi connectivity index (χ0) is 37.4. The van der Waals surface area contributed by atoms with Crippen molar-refractivity contribution in [3.8, 4) is 0 Å². The van der Waals surface area contributed by atoms with Crippen molar-refractivity contribution in [3.05, 3.63) is 69.7 Å². The first-order valence-corrected chi connectivity index (χ1v) is 20.8. The third-order valence-corrected chi connectivity index (χ3v) is 12.6. The molecule has 6 rings (SSSR count). The summed E-state index contributed by atoms with van der Waals surface area (Å²) in [6.07, 6.45) is 11.8. The molecule has 1 saturated heterocycles. The van der Waals surface area contributed by atoms with E-state index in [0.717, 1.165) is 94.6 Å². The van der Waals surface area contributed by atoms with Crippen LogP contribution in [0.2, 0.25) is 10.0 Å². The Bertz CT molecular complexity index is 1640. The maximum absolute atomic E-state index is 14.2. The molecule has 1 spiro atoms. The van der Waals surface area contributed by atoms with E-state index in [9.17, 15) is 24.0 Å². The number of carbonyl (C=O) groups excluding carboxylic acids is 5. The minimum atomic E-state index is -1.18. The van der Waals surface area contributed by atoms with Crippen molar-refractivity contribution in [2.75, 3.05) is 0 Å². The van der Waals surface area contributed by atoms with E-state index in [-0.39, 0.29) is 29.8 Å². The highest BCUT2D eigenvalue weighted by atomic mass is 35.5. The highest BCUT2D eigenvalue weighted by Gasteiger charge is 2.46. The molecule has 13 heteroatoms. The van der Waals surface area contributed by atoms with Crippen LogP contribution in [0.15, 0.2) is 48.5 Å². The fourth-order valence-corrected chi connectivity index (χ4v) is 9.41. The lowest BCUT2D eigenvalue weighted by Crippen LogP contribution is -2.51. The number of nitrogens with one attached hydrogen (secondary N) is 4. The average molecular weight is 786 g/mol. The van der Waals surface area contributed by atoms with Crippen LogP contribution in [0, 0.1) is 11.8 Å². The van der Waals surface area contributed by atoms with E-state index >= 15 is 0 Å². The molecule has 2 aromatic carbocycles. The third kappa shape index (κ3) is 11.4. The molecule has 4 aliphatic rings. The van der Waals surface area contributed by atoms with Gasteiger partial charge >= 0.3 is 6.09 Å². The number of rotatable bonds is 15. The summed E-state index contributed by atoms with van der Waals surface area (Å²) in [6.45, 7) is 0. The zero-order valence-electron chi connectivity index (χ0n) is 30.0. The van der Waals surface area contributed by atoms with Crippen LogP contribution in [0.25, 0.3) is 0 Å². The second-order valence-electron chi connectivity index (χ2n) is 15.4. The summed E-state index contributed by atoms with van der Waals surface area (Å²) >= 11 is 13.5. The van der Waals surface area contributed by atoms with Crippen molar-refractivity contribution in [2.45, 2.75) is 132 Å². The van der Waals surface area contributed by atoms with Crippen molar-refractivity contribution < 1.29 is 28.7 Å². The molecule has 286 valence electrons. The Morgan fingerprint density at radius 2 is 1.58 bits per heavy atom. The number of carbonyl (C=O) groups is 5. The van der Waals surface area contributed by atoms with Crippen LogP contribution in [-0.2, 0) is 30.3 Å². The SMILES string of the molecule is O=C(NS[C@@H](CC1CCCCC1)C(=O)NC(CC1CC2(CCCCC2)NC1=O)C(=O)C(=O)NC1CC1)OC(Cc1cccc(Cl)c1)c1cccc(Cl)c1. The molecule has 1 aliphatic heterocycles. The lowest BCUT2D eigenvalue weighted by Gasteiger charge is -2.33. The highest BCUT2D eigenvalue weighted by Crippen LogP contribution is 2.40. The number of ether oxygens (including phenoxy) is 1. The van der Waals surface area contributed by atoms with E-state index in [2.05, 4.69) is 20.7 Å². The van der Waals surface area contributed by atoms with Gasteiger partial charge in [0, 0.05) is 34.0 Å². The van der Waals surface area contributed by atoms with E-state index in [1.807, 2.05) is 24.3 Å². The second kappa shape index (κ2) is 18.4. The van der Waals surface area contributed by atoms with E-state index in [4.69, 9.17) is 27.9 Å². The summed E-state index contributed by atoms with van der Waals surface area (Å²) in [7, 11) is 0. The first kappa shape index (κ1) is 39.4. The fourth-order valence-electron chi connectivity index (χ4n) is 8.17. The predicted octanol–water partition coefficient (Wildman–Crippen LogP) is 7.55. The van der Waals surface area contributed by atoms with E-state index in [1.165, 1.54) is 0 Å². The van der Waals surface area contributed by atoms with Gasteiger partial charge in [-0.25, -0.2) is 4.79 Å². The number of ketones is 1. The molecular weight excluding hydrogens is 735 g/mol. The summed E-state index contributed by atoms with van der Waals surface area (Å²) in [6, 6.07) is 13.2. The van der Waals surface area contributed by atoms with Crippen LogP contribution < -0.4 is 20.7 Å². The molecule has 3 saturated carbocycles. The molecule has 4 fully saturated rings. The third-order valence-electron chi connectivity index (χ3n) is 11.1. The molecule has 2 aromatic rings. The van der Waals surface area contributed by atoms with Crippen LogP contribution in [0.1, 0.15) is 114 Å². The molecule has 3 unspecified atom stereocenters. The Morgan fingerprint density at radius 1 is 0.887 bits per heavy atom. The normalized spacial score (nSPS) is 21.5. The number of hydrogen-bond acceptors (Lipinski definition) is 7. The molecule has 0 radical (unpaired) electrons. The first-order chi connectivity index (χ1) is 25.6. The minimum absolute atomic E-state index is 0.0390. The van der Waals surface area contributed by atoms with Gasteiger partial charge in [0.25, 0.3) is 5.91 Å². The Balaban J connectivity index is 1.16. The van der Waals surface area contributed by atoms with Gasteiger partial charge in [0.1, 0.15) is 11.4 Å². The van der Waals surface area contributed by atoms with Crippen LogP contribution >= 0.6 is 35.1 Å². The monoisotopic (exact) mass is 784 g/mol. The zero-order valence-corrected chi connectivity index (χ0v) is 32.3. The van der Waals surface area contributed by atoms with Gasteiger partial charge in [-0.3, -0.25) is 23.9 Å². The number of amides is 4. The van der Waals surface area contributed by atoms with Gasteiger partial charge < -0.3 is 20.7 Å². The standard InChI is InChI=1S/C40H50Cl2N4O6S/c41-29-13-7-11-26(19-29)20-33(27-12-8-14-30(42)22-27)52-39(51)46-53-34(21-25-9-3-1-4-10-25)37(49)44-32(35(47)38(50)43-31-15-16-31)23-28-24-40(45-36(28)48)17-5-2-6-18-40/h7-8,11-14,19,22,25,28,31-34H,1-6,9-10,15-18,20-21,23-24H2,(H,43,50)(H,44,49)(H,45,48)(H,46,51)/t28?,32?,33?,34-/m0/s1. The Kier molecular flexibility index (Phi) is 13.7. The molecule has 4 amide bonds. The van der Waals surface area contributed by atoms with Crippen LogP contribution in [-0.4, -0.2) is 52.5 Å². The van der Waals surface area contributed by atoms with Crippen LogP contribution in [0.5, 0.6) is 0 Å². The molecule has 3 aliphatic carbocycles. The van der Waals surface area contributed by atoms with Gasteiger partial charge in [-0.2, -0.15) is 0 Å². The summed E-state index contributed by atoms with van der Waals surface area (Å²) in [5.74, 6) is -2.33. The summed E-state index contributed by atoms with van der Waals surface area (Å²) in [5.41, 5.74) is 1.28. The van der Waals surface area contributed by atoms with Crippen molar-refractivity contribution >= 4 is 64.7 Å². The Morgan fingerprint density at radius 3 is 2.28 bits per heavy atom. The quantitative estimate of drug-likeness (QED) is 0.108. The molecule has 53 heavy (non-hydrogen) atoms. The summed E-state index contributed by atoms with van der Waals surface area (Å²) < 4.78 is 8.70. The fraction of sp³-hybridized carbons (Fsp3) is 0.575. The second-order valence-corrected chi connectivity index (χ2v) is 17.3. The van der Waals surface area contributed by atoms with Gasteiger partial charge in [-0.05, 0) is 98.2 Å². The van der Waals surface area contributed by atoms with Gasteiger partial charge in [0.15, 0.2) is 0 Å². The minimum Gasteiger partial charge on any atom is -0.440 e. The molecule has 0 aromatic heterocycles. The number of hydrogen-bond donors (Lipinski definition) is 4. The maximum Gasteiger partial charge on any atom is 0.417 e. The van der Waals surface area contributed by atoms with Crippen LogP contribution in [0.3, 0.4) is 0 Å².